The van der Waals surface area contributed by atoms with E-state index in [1.54, 1.807) is 7.69 Å². The van der Waals surface area contributed by atoms with E-state index in [2.05, 4.69) is 88.2 Å². The van der Waals surface area contributed by atoms with Crippen LogP contribution in [0.2, 0.25) is 3.72 Å². The fourth-order valence-corrected chi connectivity index (χ4v) is 14.2. The SMILES string of the molecule is C[C](C)=[Ti]([C]1=CC=CC1)([c]1cc2ccccc2[nH]1)[C](C)(C)C.Cl.Cl. The standard InChI is InChI=1S/C8H6N.C5H5.C4H9.C3H6.2ClH.Ti/c1-2-4-8-7(3-1)5-6-9-8;1-2-4-5-3-1;1-4(2)3;1-3-2;;;/h1-5,9H;1-3H,4H2;1-3H3;1-2H3;2*1H;. The van der Waals surface area contributed by atoms with E-state index in [1.807, 2.05) is 0 Å². The molecule has 1 N–H and O–H groups in total. The van der Waals surface area contributed by atoms with Crippen LogP contribution in [-0.4, -0.2) is 8.80 Å². The maximum atomic E-state index is 3.80. The molecule has 1 aromatic carbocycles. The van der Waals surface area contributed by atoms with Crippen LogP contribution >= 0.6 is 24.8 Å². The quantitative estimate of drug-likeness (QED) is 0.589. The summed E-state index contributed by atoms with van der Waals surface area (Å²) in [6.07, 6.45) is 8.07. The number of allylic oxidation sites excluding steroid dienone is 4. The first-order chi connectivity index (χ1) is 10.4. The minimum absolute atomic E-state index is 0. The molecular weight excluding hydrogens is 373 g/mol. The van der Waals surface area contributed by atoms with Gasteiger partial charge in [0.15, 0.2) is 0 Å². The molecule has 1 aliphatic carbocycles. The molecule has 2 aromatic rings. The summed E-state index contributed by atoms with van der Waals surface area (Å²) in [4.78, 5) is 3.80. The predicted molar refractivity (Wildman–Crippen MR) is 110 cm³/mol. The summed E-state index contributed by atoms with van der Waals surface area (Å²) in [7, 11) is 0. The Morgan fingerprint density at radius 3 is 2.25 bits per heavy atom. The Morgan fingerprint density at radius 2 is 1.75 bits per heavy atom. The van der Waals surface area contributed by atoms with E-state index in [4.69, 9.17) is 0 Å². The first-order valence-electron chi connectivity index (χ1n) is 8.12. The zero-order valence-corrected chi connectivity index (χ0v) is 18.3. The molecule has 3 rings (SSSR count). The van der Waals surface area contributed by atoms with E-state index in [9.17, 15) is 0 Å². The Hall–Kier alpha value is -0.596. The van der Waals surface area contributed by atoms with Crippen molar-refractivity contribution in [1.82, 2.24) is 4.98 Å². The van der Waals surface area contributed by atoms with Gasteiger partial charge in [0.2, 0.25) is 0 Å². The Bertz CT molecular complexity index is 798. The molecule has 0 aliphatic heterocycles. The van der Waals surface area contributed by atoms with Gasteiger partial charge in [0.25, 0.3) is 0 Å². The molecule has 131 valence electrons. The normalized spacial score (nSPS) is 16.1. The van der Waals surface area contributed by atoms with Gasteiger partial charge in [-0.1, -0.05) is 0 Å². The van der Waals surface area contributed by atoms with Gasteiger partial charge >= 0.3 is 137 Å². The van der Waals surface area contributed by atoms with E-state index >= 15 is 0 Å². The zero-order chi connectivity index (χ0) is 16.0. The van der Waals surface area contributed by atoms with Crippen LogP contribution in [0.3, 0.4) is 0 Å². The second-order valence-corrected chi connectivity index (χ2v) is 15.7. The van der Waals surface area contributed by atoms with E-state index in [0.717, 1.165) is 6.42 Å². The second-order valence-electron chi connectivity index (χ2n) is 7.59. The number of aromatic amines is 1. The Morgan fingerprint density at radius 1 is 1.08 bits per heavy atom. The molecule has 1 atom stereocenters. The maximum absolute atomic E-state index is 3.80. The third-order valence-electron chi connectivity index (χ3n) is 5.06. The first-order valence-corrected chi connectivity index (χ1v) is 11.2. The predicted octanol–water partition coefficient (Wildman–Crippen LogP) is 6.07. The van der Waals surface area contributed by atoms with Gasteiger partial charge in [-0.2, -0.15) is 0 Å². The Balaban J connectivity index is 0.00000144. The Kier molecular flexibility index (Phi) is 6.92. The minimum atomic E-state index is -2.60. The molecule has 24 heavy (non-hydrogen) atoms. The van der Waals surface area contributed by atoms with Crippen LogP contribution in [0.5, 0.6) is 0 Å². The molecule has 4 heteroatoms. The molecule has 1 nitrogen and oxygen atoms in total. The molecule has 1 aliphatic rings. The summed E-state index contributed by atoms with van der Waals surface area (Å²) < 4.78 is 5.11. The van der Waals surface area contributed by atoms with Crippen molar-refractivity contribution >= 4 is 43.5 Å². The van der Waals surface area contributed by atoms with Gasteiger partial charge in [-0.15, -0.1) is 24.8 Å². The van der Waals surface area contributed by atoms with E-state index in [-0.39, 0.29) is 28.5 Å². The molecule has 0 saturated heterocycles. The molecule has 0 bridgehead atoms. The van der Waals surface area contributed by atoms with Crippen LogP contribution in [0.15, 0.2) is 52.4 Å². The van der Waals surface area contributed by atoms with E-state index in [0.29, 0.717) is 0 Å². The van der Waals surface area contributed by atoms with Gasteiger partial charge in [-0.05, 0) is 0 Å². The maximum Gasteiger partial charge on any atom is -0.147 e. The average Bonchev–Trinajstić information content (AvgIpc) is 3.06. The van der Waals surface area contributed by atoms with Crippen LogP contribution in [-0.2, 0) is 16.1 Å². The van der Waals surface area contributed by atoms with Crippen LogP contribution < -0.4 is 4.00 Å². The number of H-pyrrole nitrogens is 1. The number of fused-ring (bicyclic) bond motifs is 1. The smallest absolute Gasteiger partial charge is 0.147 e. The molecule has 0 saturated carbocycles. The van der Waals surface area contributed by atoms with Gasteiger partial charge in [0.05, 0.1) is 0 Å². The van der Waals surface area contributed by atoms with Crippen molar-refractivity contribution in [2.45, 2.75) is 44.8 Å². The topological polar surface area (TPSA) is 15.8 Å². The van der Waals surface area contributed by atoms with Crippen LogP contribution in [0.1, 0.15) is 41.0 Å². The molecule has 1 unspecified atom stereocenters. The summed E-state index contributed by atoms with van der Waals surface area (Å²) in [6.45, 7) is 12.0. The molecule has 0 spiro atoms. The molecule has 0 amide bonds. The molecule has 0 radical (unpaired) electrons. The fourth-order valence-electron chi connectivity index (χ4n) is 4.40. The number of hydrogen-bond acceptors (Lipinski definition) is 0. The number of halogens is 2. The number of rotatable bonds is 2. The summed E-state index contributed by atoms with van der Waals surface area (Å²) >= 11 is -2.60. The number of hydrogen-bond donors (Lipinski definition) is 1. The molecule has 0 fully saturated rings. The van der Waals surface area contributed by atoms with Crippen molar-refractivity contribution in [3.63, 3.8) is 0 Å². The van der Waals surface area contributed by atoms with E-state index < -0.39 is 16.1 Å². The molecular formula is C20H28Cl2NTi. The summed E-state index contributed by atoms with van der Waals surface area (Å²) in [5, 5.41) is 1.34. The Labute approximate surface area is 161 Å². The van der Waals surface area contributed by atoms with Gasteiger partial charge < -0.3 is 0 Å². The van der Waals surface area contributed by atoms with Crippen LogP contribution in [0.4, 0.5) is 0 Å². The number of aromatic nitrogens is 1. The van der Waals surface area contributed by atoms with Crippen molar-refractivity contribution in [2.75, 3.05) is 0 Å². The van der Waals surface area contributed by atoms with Crippen molar-refractivity contribution in [1.29, 1.82) is 0 Å². The third kappa shape index (κ3) is 3.24. The largest absolute Gasteiger partial charge is 0.147 e. The van der Waals surface area contributed by atoms with Gasteiger partial charge in [0, 0.05) is 0 Å². The second kappa shape index (κ2) is 7.75. The third-order valence-corrected chi connectivity index (χ3v) is 14.7. The van der Waals surface area contributed by atoms with Crippen LogP contribution in [0, 0.1) is 0 Å². The molecule has 1 heterocycles. The molecule has 1 aromatic heterocycles. The zero-order valence-electron chi connectivity index (χ0n) is 15.1. The number of para-hydroxylation sites is 1. The monoisotopic (exact) mass is 400 g/mol. The average molecular weight is 401 g/mol. The van der Waals surface area contributed by atoms with Gasteiger partial charge in [-0.3, -0.25) is 0 Å². The van der Waals surface area contributed by atoms with Crippen molar-refractivity contribution < 1.29 is 16.1 Å². The van der Waals surface area contributed by atoms with Gasteiger partial charge in [0.1, 0.15) is 0 Å². The fraction of sp³-hybridized carbons (Fsp3) is 0.350. The summed E-state index contributed by atoms with van der Waals surface area (Å²) in [5.41, 5.74) is 1.27. The first kappa shape index (κ1) is 21.4. The van der Waals surface area contributed by atoms with Crippen molar-refractivity contribution in [2.24, 2.45) is 0 Å². The number of benzene rings is 1. The summed E-state index contributed by atoms with van der Waals surface area (Å²) in [6, 6.07) is 11.1. The summed E-state index contributed by atoms with van der Waals surface area (Å²) in [5.74, 6) is 0. The van der Waals surface area contributed by atoms with Crippen molar-refractivity contribution in [3.8, 4) is 0 Å². The number of nitrogens with one attached hydrogen (secondary N) is 1. The van der Waals surface area contributed by atoms with E-state index in [1.165, 1.54) is 14.9 Å². The van der Waals surface area contributed by atoms with Gasteiger partial charge in [-0.25, -0.2) is 0 Å². The minimum Gasteiger partial charge on any atom is -0.147 e. The van der Waals surface area contributed by atoms with Crippen molar-refractivity contribution in [3.05, 3.63) is 52.4 Å². The van der Waals surface area contributed by atoms with Crippen LogP contribution in [0.25, 0.3) is 10.9 Å².